The van der Waals surface area contributed by atoms with E-state index in [1.807, 2.05) is 24.3 Å². The first-order valence-electron chi connectivity index (χ1n) is 4.12. The van der Waals surface area contributed by atoms with Gasteiger partial charge in [0.2, 0.25) is 0 Å². The van der Waals surface area contributed by atoms with Gasteiger partial charge in [-0.3, -0.25) is 9.97 Å². The van der Waals surface area contributed by atoms with Crippen molar-refractivity contribution < 1.29 is 0 Å². The third-order valence-corrected chi connectivity index (χ3v) is 3.03. The molecule has 0 atom stereocenters. The molecular formula is C10H6N2Si2. The molecule has 0 saturated carbocycles. The van der Waals surface area contributed by atoms with Gasteiger partial charge in [0.05, 0.1) is 11.4 Å². The second kappa shape index (κ2) is 3.85. The molecule has 2 nitrogen and oxygen atoms in total. The summed E-state index contributed by atoms with van der Waals surface area (Å²) in [6, 6.07) is 7.63. The summed E-state index contributed by atoms with van der Waals surface area (Å²) in [4.78, 5) is 10.4. The van der Waals surface area contributed by atoms with Crippen LogP contribution >= 0.6 is 0 Å². The van der Waals surface area contributed by atoms with E-state index in [0.29, 0.717) is 0 Å². The smallest absolute Gasteiger partial charge is 0.0912 e. The molecule has 0 fully saturated rings. The Labute approximate surface area is 87.7 Å². The van der Waals surface area contributed by atoms with Crippen LogP contribution in [0.3, 0.4) is 0 Å². The molecule has 0 aliphatic heterocycles. The molecule has 2 rings (SSSR count). The minimum Gasteiger partial charge on any atom is -0.255 e. The molecule has 2 aromatic heterocycles. The van der Waals surface area contributed by atoms with Gasteiger partial charge in [-0.25, -0.2) is 0 Å². The molecule has 0 saturated heterocycles. The third kappa shape index (κ3) is 1.66. The maximum absolute atomic E-state index is 4.27. The van der Waals surface area contributed by atoms with Gasteiger partial charge in [0.25, 0.3) is 0 Å². The minimum absolute atomic E-state index is 0.842. The molecule has 4 heteroatoms. The van der Waals surface area contributed by atoms with Gasteiger partial charge in [0, 0.05) is 32.1 Å². The summed E-state index contributed by atoms with van der Waals surface area (Å²) >= 11 is 0. The van der Waals surface area contributed by atoms with Gasteiger partial charge < -0.3 is 0 Å². The average Bonchev–Trinajstić information content (AvgIpc) is 2.23. The highest BCUT2D eigenvalue weighted by Crippen LogP contribution is 2.12. The highest BCUT2D eigenvalue weighted by molar-refractivity contribution is 6.07. The second-order valence-corrected chi connectivity index (χ2v) is 3.84. The van der Waals surface area contributed by atoms with Gasteiger partial charge in [0.1, 0.15) is 0 Å². The van der Waals surface area contributed by atoms with E-state index in [1.165, 1.54) is 0 Å². The second-order valence-electron chi connectivity index (χ2n) is 2.80. The number of nitrogens with zero attached hydrogens (tertiary/aromatic N) is 2. The molecule has 0 bridgehead atoms. The van der Waals surface area contributed by atoms with Crippen molar-refractivity contribution in [2.45, 2.75) is 0 Å². The molecule has 0 spiro atoms. The number of rotatable bonds is 1. The standard InChI is InChI=1S/C10H6N2Si2/c13-8-4-6-12-9(10(8)14)7-3-1-2-5-11-7/h1-6H. The molecule has 14 heavy (non-hydrogen) atoms. The Morgan fingerprint density at radius 3 is 2.50 bits per heavy atom. The average molecular weight is 210 g/mol. The fourth-order valence-electron chi connectivity index (χ4n) is 1.16. The highest BCUT2D eigenvalue weighted by Gasteiger charge is 1.99. The lowest BCUT2D eigenvalue weighted by Gasteiger charge is -1.99. The van der Waals surface area contributed by atoms with Gasteiger partial charge in [-0.1, -0.05) is 6.07 Å². The topological polar surface area (TPSA) is 25.8 Å². The van der Waals surface area contributed by atoms with Crippen LogP contribution in [0.2, 0.25) is 0 Å². The zero-order chi connectivity index (χ0) is 9.97. The summed E-state index contributed by atoms with van der Waals surface area (Å²) in [7, 11) is 7.00. The Balaban J connectivity index is 2.70. The first-order chi connectivity index (χ1) is 6.79. The summed E-state index contributed by atoms with van der Waals surface area (Å²) < 4.78 is 0. The molecule has 4 radical (unpaired) electrons. The van der Waals surface area contributed by atoms with Crippen molar-refractivity contribution in [1.29, 1.82) is 0 Å². The maximum atomic E-state index is 4.27. The van der Waals surface area contributed by atoms with E-state index in [-0.39, 0.29) is 0 Å². The van der Waals surface area contributed by atoms with Gasteiger partial charge in [0.15, 0.2) is 0 Å². The fraction of sp³-hybridized carbons (Fsp3) is 0. The molecule has 0 unspecified atom stereocenters. The van der Waals surface area contributed by atoms with Crippen molar-refractivity contribution in [3.8, 4) is 11.4 Å². The Morgan fingerprint density at radius 1 is 0.929 bits per heavy atom. The van der Waals surface area contributed by atoms with Crippen molar-refractivity contribution >= 4 is 19.7 Å². The number of pyridine rings is 2. The van der Waals surface area contributed by atoms with E-state index >= 15 is 0 Å². The van der Waals surface area contributed by atoms with E-state index in [1.54, 1.807) is 12.4 Å². The normalized spacial score (nSPS) is 10.0. The van der Waals surface area contributed by atoms with Crippen LogP contribution in [0.25, 0.3) is 11.4 Å². The van der Waals surface area contributed by atoms with Crippen LogP contribution in [0, 0.1) is 9.63 Å². The van der Waals surface area contributed by atoms with E-state index in [9.17, 15) is 0 Å². The van der Waals surface area contributed by atoms with E-state index in [4.69, 9.17) is 0 Å². The molecule has 0 aromatic carbocycles. The maximum Gasteiger partial charge on any atom is 0.0912 e. The number of hydrogen-bond acceptors (Lipinski definition) is 2. The van der Waals surface area contributed by atoms with Crippen LogP contribution in [-0.2, 0) is 0 Å². The first-order valence-corrected chi connectivity index (χ1v) is 5.12. The van der Waals surface area contributed by atoms with Crippen LogP contribution in [-0.4, -0.2) is 29.7 Å². The summed E-state index contributed by atoms with van der Waals surface area (Å²) in [6.07, 6.45) is 3.50. The summed E-state index contributed by atoms with van der Waals surface area (Å²) in [5.74, 6) is 0. The molecule has 0 amide bonds. The van der Waals surface area contributed by atoms with E-state index in [0.717, 1.165) is 21.0 Å². The van der Waals surface area contributed by atoms with Crippen LogP contribution in [0.1, 0.15) is 0 Å². The highest BCUT2D eigenvalue weighted by atomic mass is 28.1. The summed E-state index contributed by atoms with van der Waals surface area (Å²) in [5, 5.41) is 0. The molecule has 2 aromatic rings. The van der Waals surface area contributed by atoms with Crippen molar-refractivity contribution in [2.24, 2.45) is 0 Å². The summed E-state index contributed by atoms with van der Waals surface area (Å²) in [5.41, 5.74) is 1.70. The predicted molar refractivity (Wildman–Crippen MR) is 56.6 cm³/mol. The zero-order valence-electron chi connectivity index (χ0n) is 7.36. The first kappa shape index (κ1) is 9.30. The zero-order valence-corrected chi connectivity index (χ0v) is 9.36. The van der Waals surface area contributed by atoms with E-state index in [2.05, 4.69) is 29.7 Å². The number of hydrogen-bond donors (Lipinski definition) is 0. The molecule has 64 valence electrons. The largest absolute Gasteiger partial charge is 0.255 e. The SMILES string of the molecule is [Si]=c1ccnc(-c2ccccn2)c1=[Si]. The Kier molecular flexibility index (Phi) is 2.56. The molecule has 2 heterocycles. The van der Waals surface area contributed by atoms with Gasteiger partial charge in [-0.2, -0.15) is 0 Å². The van der Waals surface area contributed by atoms with Crippen LogP contribution in [0.15, 0.2) is 36.7 Å². The van der Waals surface area contributed by atoms with Crippen LogP contribution < -0.4 is 0 Å². The summed E-state index contributed by atoms with van der Waals surface area (Å²) in [6.45, 7) is 0. The van der Waals surface area contributed by atoms with Crippen LogP contribution in [0.4, 0.5) is 0 Å². The third-order valence-electron chi connectivity index (χ3n) is 1.86. The Morgan fingerprint density at radius 2 is 1.79 bits per heavy atom. The van der Waals surface area contributed by atoms with Gasteiger partial charge >= 0.3 is 0 Å². The lowest BCUT2D eigenvalue weighted by atomic mass is 10.2. The lowest BCUT2D eigenvalue weighted by Crippen LogP contribution is -1.89. The Bertz CT molecular complexity index is 540. The molecular weight excluding hydrogens is 204 g/mol. The van der Waals surface area contributed by atoms with Gasteiger partial charge in [-0.15, -0.1) is 0 Å². The molecule has 0 N–H and O–H groups in total. The lowest BCUT2D eigenvalue weighted by molar-refractivity contribution is 1.23. The van der Waals surface area contributed by atoms with Gasteiger partial charge in [-0.05, 0) is 27.8 Å². The van der Waals surface area contributed by atoms with Crippen LogP contribution in [0.5, 0.6) is 0 Å². The monoisotopic (exact) mass is 210 g/mol. The van der Waals surface area contributed by atoms with Crippen molar-refractivity contribution in [3.05, 3.63) is 46.3 Å². The van der Waals surface area contributed by atoms with Crippen molar-refractivity contribution in [2.75, 3.05) is 0 Å². The fourth-order valence-corrected chi connectivity index (χ4v) is 1.63. The predicted octanol–water partition coefficient (Wildman–Crippen LogP) is 0.982. The quantitative estimate of drug-likeness (QED) is 0.656. The Hall–Kier alpha value is -1.27. The molecule has 0 aliphatic carbocycles. The number of aromatic nitrogens is 2. The van der Waals surface area contributed by atoms with E-state index < -0.39 is 0 Å². The molecule has 0 aliphatic rings. The minimum atomic E-state index is 0.842. The van der Waals surface area contributed by atoms with Crippen molar-refractivity contribution in [3.63, 3.8) is 0 Å². The van der Waals surface area contributed by atoms with Crippen molar-refractivity contribution in [1.82, 2.24) is 9.97 Å².